The summed E-state index contributed by atoms with van der Waals surface area (Å²) in [5.74, 6) is 0.501. The van der Waals surface area contributed by atoms with Gasteiger partial charge < -0.3 is 4.74 Å². The smallest absolute Gasteiger partial charge is 0.413 e. The molecule has 0 atom stereocenters. The normalized spacial score (nSPS) is 18.1. The summed E-state index contributed by atoms with van der Waals surface area (Å²) in [6.07, 6.45) is 0.875. The van der Waals surface area contributed by atoms with Crippen LogP contribution in [0.5, 0.6) is 0 Å². The van der Waals surface area contributed by atoms with Crippen LogP contribution in [-0.4, -0.2) is 11.1 Å². The van der Waals surface area contributed by atoms with Gasteiger partial charge in [-0.05, 0) is 23.3 Å². The zero-order chi connectivity index (χ0) is 13.7. The molecular formula is C15H11ClN2O2. The first-order valence-corrected chi connectivity index (χ1v) is 6.78. The average Bonchev–Trinajstić information content (AvgIpc) is 2.75. The summed E-state index contributed by atoms with van der Waals surface area (Å²) in [5, 5.41) is 2.98. The maximum Gasteiger partial charge on any atom is 0.413 e. The second-order valence-electron chi connectivity index (χ2n) is 5.16. The Kier molecular flexibility index (Phi) is 2.32. The number of amides is 1. The van der Waals surface area contributed by atoms with Crippen molar-refractivity contribution in [3.63, 3.8) is 0 Å². The lowest BCUT2D eigenvalue weighted by atomic mass is 9.90. The lowest BCUT2D eigenvalue weighted by Crippen LogP contribution is -2.40. The Morgan fingerprint density at radius 2 is 1.85 bits per heavy atom. The van der Waals surface area contributed by atoms with Crippen molar-refractivity contribution in [2.75, 3.05) is 5.32 Å². The van der Waals surface area contributed by atoms with Gasteiger partial charge in [0, 0.05) is 18.4 Å². The molecule has 0 radical (unpaired) electrons. The quantitative estimate of drug-likeness (QED) is 0.756. The van der Waals surface area contributed by atoms with Gasteiger partial charge in [-0.3, -0.25) is 5.32 Å². The molecule has 2 heterocycles. The van der Waals surface area contributed by atoms with Crippen molar-refractivity contribution in [2.45, 2.75) is 18.4 Å². The standard InChI is InChI=1S/C15H11ClN2O2/c16-12-6-5-11-13(17-12)18-14(19)20-15(11)7-9-3-1-2-4-10(9)8-15/h1-6H,7-8H2,(H,17,18,19). The highest BCUT2D eigenvalue weighted by Crippen LogP contribution is 2.45. The van der Waals surface area contributed by atoms with Gasteiger partial charge in [0.2, 0.25) is 0 Å². The maximum absolute atomic E-state index is 11.8. The molecule has 0 bridgehead atoms. The Morgan fingerprint density at radius 1 is 1.15 bits per heavy atom. The van der Waals surface area contributed by atoms with E-state index >= 15 is 0 Å². The van der Waals surface area contributed by atoms with Crippen LogP contribution >= 0.6 is 11.6 Å². The van der Waals surface area contributed by atoms with Crippen LogP contribution in [0.25, 0.3) is 0 Å². The van der Waals surface area contributed by atoms with Gasteiger partial charge in [-0.1, -0.05) is 35.9 Å². The molecule has 4 nitrogen and oxygen atoms in total. The van der Waals surface area contributed by atoms with Crippen LogP contribution in [0.1, 0.15) is 16.7 Å². The highest BCUT2D eigenvalue weighted by Gasteiger charge is 2.47. The van der Waals surface area contributed by atoms with Crippen molar-refractivity contribution in [3.05, 3.63) is 58.2 Å². The van der Waals surface area contributed by atoms with E-state index in [-0.39, 0.29) is 0 Å². The van der Waals surface area contributed by atoms with E-state index in [1.165, 1.54) is 11.1 Å². The van der Waals surface area contributed by atoms with Crippen molar-refractivity contribution in [2.24, 2.45) is 0 Å². The van der Waals surface area contributed by atoms with Crippen molar-refractivity contribution < 1.29 is 9.53 Å². The molecule has 2 aliphatic rings. The molecular weight excluding hydrogens is 276 g/mol. The van der Waals surface area contributed by atoms with Gasteiger partial charge in [-0.15, -0.1) is 0 Å². The molecule has 1 aliphatic carbocycles. The molecule has 2 aromatic rings. The number of fused-ring (bicyclic) bond motifs is 3. The van der Waals surface area contributed by atoms with Crippen LogP contribution < -0.4 is 5.32 Å². The van der Waals surface area contributed by atoms with Crippen molar-refractivity contribution in [1.82, 2.24) is 4.98 Å². The highest BCUT2D eigenvalue weighted by atomic mass is 35.5. The van der Waals surface area contributed by atoms with E-state index in [2.05, 4.69) is 22.4 Å². The van der Waals surface area contributed by atoms with Crippen molar-refractivity contribution >= 4 is 23.5 Å². The summed E-state index contributed by atoms with van der Waals surface area (Å²) in [5.41, 5.74) is 2.66. The number of aromatic nitrogens is 1. The molecule has 1 spiro atoms. The Balaban J connectivity index is 1.87. The Labute approximate surface area is 120 Å². The van der Waals surface area contributed by atoms with E-state index in [4.69, 9.17) is 16.3 Å². The van der Waals surface area contributed by atoms with Gasteiger partial charge in [0.05, 0.1) is 0 Å². The molecule has 0 fully saturated rings. The third-order valence-corrected chi connectivity index (χ3v) is 4.14. The lowest BCUT2D eigenvalue weighted by Gasteiger charge is -2.34. The van der Waals surface area contributed by atoms with Crippen LogP contribution in [0, 0.1) is 0 Å². The zero-order valence-electron chi connectivity index (χ0n) is 10.5. The van der Waals surface area contributed by atoms with E-state index in [0.717, 1.165) is 5.56 Å². The first-order chi connectivity index (χ1) is 9.66. The number of rotatable bonds is 0. The number of nitrogens with zero attached hydrogens (tertiary/aromatic N) is 1. The fraction of sp³-hybridized carbons (Fsp3) is 0.200. The number of hydrogen-bond donors (Lipinski definition) is 1. The monoisotopic (exact) mass is 286 g/mol. The van der Waals surface area contributed by atoms with Gasteiger partial charge in [0.25, 0.3) is 0 Å². The van der Waals surface area contributed by atoms with Crippen LogP contribution in [0.3, 0.4) is 0 Å². The third-order valence-electron chi connectivity index (χ3n) is 3.93. The molecule has 4 rings (SSSR count). The number of pyridine rings is 1. The molecule has 0 unspecified atom stereocenters. The van der Waals surface area contributed by atoms with E-state index in [1.807, 2.05) is 18.2 Å². The average molecular weight is 287 g/mol. The number of anilines is 1. The molecule has 0 saturated carbocycles. The first-order valence-electron chi connectivity index (χ1n) is 6.40. The fourth-order valence-electron chi connectivity index (χ4n) is 3.10. The Morgan fingerprint density at radius 3 is 2.55 bits per heavy atom. The molecule has 5 heteroatoms. The second kappa shape index (κ2) is 3.96. The number of ether oxygens (including phenoxy) is 1. The lowest BCUT2D eigenvalue weighted by molar-refractivity contribution is 0.0194. The number of carbonyl (C=O) groups excluding carboxylic acids is 1. The largest absolute Gasteiger partial charge is 0.437 e. The van der Waals surface area contributed by atoms with Crippen molar-refractivity contribution in [3.8, 4) is 0 Å². The molecule has 1 aliphatic heterocycles. The highest BCUT2D eigenvalue weighted by molar-refractivity contribution is 6.29. The predicted octanol–water partition coefficient (Wildman–Crippen LogP) is 3.29. The van der Waals surface area contributed by atoms with Crippen LogP contribution in [0.4, 0.5) is 10.6 Å². The molecule has 1 aromatic heterocycles. The first kappa shape index (κ1) is 11.7. The minimum atomic E-state index is -0.654. The van der Waals surface area contributed by atoms with E-state index < -0.39 is 11.7 Å². The third kappa shape index (κ3) is 1.61. The molecule has 100 valence electrons. The summed E-state index contributed by atoms with van der Waals surface area (Å²) in [7, 11) is 0. The van der Waals surface area contributed by atoms with E-state index in [0.29, 0.717) is 23.8 Å². The maximum atomic E-state index is 11.8. The molecule has 1 N–H and O–H groups in total. The molecule has 0 saturated heterocycles. The van der Waals surface area contributed by atoms with Gasteiger partial charge in [0.15, 0.2) is 5.60 Å². The van der Waals surface area contributed by atoms with Crippen LogP contribution in [0.2, 0.25) is 5.15 Å². The predicted molar refractivity (Wildman–Crippen MR) is 74.9 cm³/mol. The Hall–Kier alpha value is -2.07. The minimum Gasteiger partial charge on any atom is -0.437 e. The van der Waals surface area contributed by atoms with Gasteiger partial charge in [-0.25, -0.2) is 9.78 Å². The van der Waals surface area contributed by atoms with Crippen LogP contribution in [-0.2, 0) is 23.2 Å². The molecule has 1 amide bonds. The molecule has 20 heavy (non-hydrogen) atoms. The number of nitrogens with one attached hydrogen (secondary N) is 1. The van der Waals surface area contributed by atoms with E-state index in [9.17, 15) is 4.79 Å². The van der Waals surface area contributed by atoms with Crippen LogP contribution in [0.15, 0.2) is 36.4 Å². The summed E-state index contributed by atoms with van der Waals surface area (Å²) in [6.45, 7) is 0. The van der Waals surface area contributed by atoms with Gasteiger partial charge in [-0.2, -0.15) is 0 Å². The van der Waals surface area contributed by atoms with E-state index in [1.54, 1.807) is 6.07 Å². The second-order valence-corrected chi connectivity index (χ2v) is 5.55. The number of hydrogen-bond acceptors (Lipinski definition) is 3. The zero-order valence-corrected chi connectivity index (χ0v) is 11.3. The van der Waals surface area contributed by atoms with Gasteiger partial charge in [0.1, 0.15) is 11.0 Å². The summed E-state index contributed by atoms with van der Waals surface area (Å²) in [6, 6.07) is 11.8. The van der Waals surface area contributed by atoms with Crippen molar-refractivity contribution in [1.29, 1.82) is 0 Å². The summed E-state index contributed by atoms with van der Waals surface area (Å²) in [4.78, 5) is 16.0. The Bertz CT molecular complexity index is 705. The SMILES string of the molecule is O=C1Nc2nc(Cl)ccc2C2(Cc3ccccc3C2)O1. The minimum absolute atomic E-state index is 0.358. The number of benzene rings is 1. The fourth-order valence-corrected chi connectivity index (χ4v) is 3.24. The number of halogens is 1. The summed E-state index contributed by atoms with van der Waals surface area (Å²) < 4.78 is 5.65. The number of carbonyl (C=O) groups is 1. The summed E-state index contributed by atoms with van der Waals surface area (Å²) >= 11 is 5.91. The topological polar surface area (TPSA) is 51.2 Å². The van der Waals surface area contributed by atoms with Gasteiger partial charge >= 0.3 is 6.09 Å². The molecule has 1 aromatic carbocycles.